The van der Waals surface area contributed by atoms with Gasteiger partial charge in [-0.25, -0.2) is 0 Å². The second-order valence-corrected chi connectivity index (χ2v) is 10.0. The van der Waals surface area contributed by atoms with Gasteiger partial charge in [0.05, 0.1) is 0 Å². The van der Waals surface area contributed by atoms with E-state index in [-0.39, 0.29) is 29.8 Å². The van der Waals surface area contributed by atoms with E-state index in [4.69, 9.17) is 5.41 Å². The first-order chi connectivity index (χ1) is 17.9. The summed E-state index contributed by atoms with van der Waals surface area (Å²) in [6.45, 7) is 1.15. The van der Waals surface area contributed by atoms with Gasteiger partial charge in [-0.2, -0.15) is 22.0 Å². The molecule has 1 aromatic carbocycles. The second-order valence-electron chi connectivity index (χ2n) is 10.0. The smallest absolute Gasteiger partial charge is 0.406 e. The van der Waals surface area contributed by atoms with Crippen molar-refractivity contribution in [2.24, 2.45) is 0 Å². The number of nitrogens with one attached hydrogen (secondary N) is 2. The van der Waals surface area contributed by atoms with Crippen LogP contribution in [0.2, 0.25) is 0 Å². The number of nitrogens with zero attached hydrogens (tertiary/aromatic N) is 2. The lowest BCUT2D eigenvalue weighted by atomic mass is 9.81. The molecule has 2 N–H and O–H groups in total. The molecule has 0 spiro atoms. The van der Waals surface area contributed by atoms with Crippen molar-refractivity contribution >= 4 is 5.71 Å². The fraction of sp³-hybridized carbons (Fsp3) is 0.393. The van der Waals surface area contributed by atoms with Gasteiger partial charge in [0, 0.05) is 47.9 Å². The predicted octanol–water partition coefficient (Wildman–Crippen LogP) is 6.95. The van der Waals surface area contributed by atoms with Crippen molar-refractivity contribution in [3.63, 3.8) is 0 Å². The Bertz CT molecular complexity index is 1260. The van der Waals surface area contributed by atoms with Gasteiger partial charge in [0.2, 0.25) is 0 Å². The highest BCUT2D eigenvalue weighted by Crippen LogP contribution is 2.46. The second kappa shape index (κ2) is 10.8. The highest BCUT2D eigenvalue weighted by atomic mass is 19.4. The van der Waals surface area contributed by atoms with Crippen molar-refractivity contribution in [2.45, 2.75) is 69.8 Å². The molecule has 3 aromatic rings. The minimum absolute atomic E-state index is 0.0216. The molecule has 1 aliphatic carbocycles. The number of halogens is 5. The van der Waals surface area contributed by atoms with Crippen LogP contribution in [-0.4, -0.2) is 34.0 Å². The van der Waals surface area contributed by atoms with Gasteiger partial charge in [0.1, 0.15) is 11.3 Å². The fourth-order valence-corrected chi connectivity index (χ4v) is 4.73. The molecule has 0 fully saturated rings. The Labute approximate surface area is 218 Å². The summed E-state index contributed by atoms with van der Waals surface area (Å²) in [6.07, 6.45) is -0.706. The number of hydrogen-bond acceptors (Lipinski definition) is 5. The molecular formula is C28H29F5N4O. The SMILES string of the molecule is CC1c2cc(OC(F)F)ccc2C(=N)C(c2ccc(CNC(C)(C)C(F)(F)F)cn2)CC1c1ccccn1. The number of hydrogen-bond donors (Lipinski definition) is 2. The molecule has 10 heteroatoms. The van der Waals surface area contributed by atoms with Crippen LogP contribution in [0, 0.1) is 5.41 Å². The van der Waals surface area contributed by atoms with Crippen molar-refractivity contribution in [1.29, 1.82) is 5.41 Å². The number of alkyl halides is 5. The number of benzene rings is 1. The minimum atomic E-state index is -4.40. The summed E-state index contributed by atoms with van der Waals surface area (Å²) < 4.78 is 70.0. The summed E-state index contributed by atoms with van der Waals surface area (Å²) in [5.41, 5.74) is 1.53. The van der Waals surface area contributed by atoms with Crippen LogP contribution in [0.5, 0.6) is 5.75 Å². The zero-order valence-corrected chi connectivity index (χ0v) is 21.2. The highest BCUT2D eigenvalue weighted by molar-refractivity contribution is 6.04. The van der Waals surface area contributed by atoms with Gasteiger partial charge in [-0.1, -0.05) is 19.1 Å². The summed E-state index contributed by atoms with van der Waals surface area (Å²) in [6, 6.07) is 13.6. The Hall–Kier alpha value is -3.40. The van der Waals surface area contributed by atoms with Gasteiger partial charge in [-0.3, -0.25) is 15.3 Å². The van der Waals surface area contributed by atoms with Crippen LogP contribution in [0.3, 0.4) is 0 Å². The van der Waals surface area contributed by atoms with Crippen LogP contribution in [0.1, 0.15) is 73.0 Å². The number of pyridine rings is 2. The average molecular weight is 533 g/mol. The molecule has 0 saturated carbocycles. The maximum Gasteiger partial charge on any atom is 0.406 e. The third kappa shape index (κ3) is 5.85. The van der Waals surface area contributed by atoms with Crippen LogP contribution in [0.25, 0.3) is 0 Å². The predicted molar refractivity (Wildman–Crippen MR) is 134 cm³/mol. The third-order valence-corrected chi connectivity index (χ3v) is 7.19. The fourth-order valence-electron chi connectivity index (χ4n) is 4.73. The molecule has 1 aliphatic rings. The molecule has 202 valence electrons. The maximum absolute atomic E-state index is 13.2. The maximum atomic E-state index is 13.2. The third-order valence-electron chi connectivity index (χ3n) is 7.19. The van der Waals surface area contributed by atoms with Crippen molar-refractivity contribution in [2.75, 3.05) is 0 Å². The standard InChI is InChI=1S/C28H29F5N4O/c1-16-20-12-18(38-26(29)30)8-9-19(20)25(34)22(13-21(16)23-6-4-5-11-35-23)24-10-7-17(14-36-24)15-37-27(2,3)28(31,32)33/h4-12,14,16,21-22,26,34,37H,13,15H2,1-3H3. The first kappa shape index (κ1) is 27.6. The molecule has 4 rings (SSSR count). The molecule has 3 unspecified atom stereocenters. The lowest BCUT2D eigenvalue weighted by Gasteiger charge is -2.29. The van der Waals surface area contributed by atoms with E-state index in [0.29, 0.717) is 28.8 Å². The Balaban J connectivity index is 1.67. The van der Waals surface area contributed by atoms with E-state index in [1.807, 2.05) is 19.1 Å². The van der Waals surface area contributed by atoms with Crippen molar-refractivity contribution in [1.82, 2.24) is 15.3 Å². The minimum Gasteiger partial charge on any atom is -0.435 e. The average Bonchev–Trinajstić information content (AvgIpc) is 2.97. The molecule has 0 saturated heterocycles. The Kier molecular flexibility index (Phi) is 7.83. The number of rotatable bonds is 7. The molecule has 0 bridgehead atoms. The van der Waals surface area contributed by atoms with Gasteiger partial charge in [-0.15, -0.1) is 0 Å². The van der Waals surface area contributed by atoms with Crippen LogP contribution in [0.4, 0.5) is 22.0 Å². The van der Waals surface area contributed by atoms with Crippen molar-refractivity contribution in [3.05, 3.63) is 89.0 Å². The summed E-state index contributed by atoms with van der Waals surface area (Å²) in [4.78, 5) is 9.06. The molecular weight excluding hydrogens is 503 g/mol. The van der Waals surface area contributed by atoms with Gasteiger partial charge >= 0.3 is 12.8 Å². The highest BCUT2D eigenvalue weighted by Gasteiger charge is 2.46. The number of aromatic nitrogens is 2. The molecule has 3 atom stereocenters. The molecule has 2 heterocycles. The first-order valence-electron chi connectivity index (χ1n) is 12.2. The molecule has 5 nitrogen and oxygen atoms in total. The van der Waals surface area contributed by atoms with E-state index in [2.05, 4.69) is 20.0 Å². The zero-order chi connectivity index (χ0) is 27.7. The lowest BCUT2D eigenvalue weighted by Crippen LogP contribution is -2.51. The summed E-state index contributed by atoms with van der Waals surface area (Å²) in [7, 11) is 0. The van der Waals surface area contributed by atoms with Crippen LogP contribution < -0.4 is 10.1 Å². The topological polar surface area (TPSA) is 70.9 Å². The number of ether oxygens (including phenoxy) is 1. The van der Waals surface area contributed by atoms with Gasteiger partial charge in [0.15, 0.2) is 0 Å². The molecule has 38 heavy (non-hydrogen) atoms. The van der Waals surface area contributed by atoms with Crippen molar-refractivity contribution in [3.8, 4) is 5.75 Å². The lowest BCUT2D eigenvalue weighted by molar-refractivity contribution is -0.186. The largest absolute Gasteiger partial charge is 0.435 e. The zero-order valence-electron chi connectivity index (χ0n) is 21.2. The monoisotopic (exact) mass is 532 g/mol. The summed E-state index contributed by atoms with van der Waals surface area (Å²) in [5.74, 6) is -0.741. The van der Waals surface area contributed by atoms with Crippen LogP contribution in [-0.2, 0) is 6.54 Å². The Morgan fingerprint density at radius 1 is 1.05 bits per heavy atom. The van der Waals surface area contributed by atoms with Crippen molar-refractivity contribution < 1.29 is 26.7 Å². The van der Waals surface area contributed by atoms with Gasteiger partial charge < -0.3 is 10.1 Å². The van der Waals surface area contributed by atoms with E-state index in [0.717, 1.165) is 19.5 Å². The first-order valence-corrected chi connectivity index (χ1v) is 12.2. The molecule has 2 aromatic heterocycles. The number of fused-ring (bicyclic) bond motifs is 1. The molecule has 0 radical (unpaired) electrons. The van der Waals surface area contributed by atoms with Gasteiger partial charge in [0.25, 0.3) is 0 Å². The molecule has 0 amide bonds. The van der Waals surface area contributed by atoms with Crippen LogP contribution >= 0.6 is 0 Å². The van der Waals surface area contributed by atoms with E-state index >= 15 is 0 Å². The Morgan fingerprint density at radius 2 is 1.82 bits per heavy atom. The van der Waals surface area contributed by atoms with E-state index < -0.39 is 24.2 Å². The van der Waals surface area contributed by atoms with Crippen LogP contribution in [0.15, 0.2) is 60.9 Å². The van der Waals surface area contributed by atoms with E-state index in [9.17, 15) is 22.0 Å². The van der Waals surface area contributed by atoms with Gasteiger partial charge in [-0.05, 0) is 79.3 Å². The van der Waals surface area contributed by atoms with E-state index in [1.54, 1.807) is 36.5 Å². The molecule has 0 aliphatic heterocycles. The summed E-state index contributed by atoms with van der Waals surface area (Å²) >= 11 is 0. The quantitative estimate of drug-likeness (QED) is 0.255. The Morgan fingerprint density at radius 3 is 2.42 bits per heavy atom. The normalized spacial score (nSPS) is 20.2. The summed E-state index contributed by atoms with van der Waals surface area (Å²) in [5, 5.41) is 11.6. The van der Waals surface area contributed by atoms with E-state index in [1.165, 1.54) is 12.3 Å².